The second-order valence-electron chi connectivity index (χ2n) is 6.89. The van der Waals surface area contributed by atoms with Gasteiger partial charge in [-0.15, -0.1) is 0 Å². The normalized spacial score (nSPS) is 18.9. The number of nitrogens with one attached hydrogen (secondary N) is 2. The number of nitrogens with zero attached hydrogens (tertiary/aromatic N) is 2. The van der Waals surface area contributed by atoms with Crippen LogP contribution in [0.4, 0.5) is 5.69 Å². The maximum Gasteiger partial charge on any atom is 0.256 e. The van der Waals surface area contributed by atoms with Gasteiger partial charge in [0.1, 0.15) is 0 Å². The molecule has 6 heteroatoms. The summed E-state index contributed by atoms with van der Waals surface area (Å²) in [6, 6.07) is 7.62. The van der Waals surface area contributed by atoms with Crippen molar-refractivity contribution in [3.63, 3.8) is 0 Å². The quantitative estimate of drug-likeness (QED) is 0.816. The molecular formula is C20H22N4O2. The zero-order chi connectivity index (χ0) is 18.3. The molecule has 2 aliphatic heterocycles. The Morgan fingerprint density at radius 3 is 2.65 bits per heavy atom. The van der Waals surface area contributed by atoms with Crippen LogP contribution in [0.5, 0.6) is 0 Å². The molecule has 0 saturated carbocycles. The Kier molecular flexibility index (Phi) is 4.12. The van der Waals surface area contributed by atoms with Crippen LogP contribution in [0.1, 0.15) is 27.2 Å². The number of aromatic nitrogens is 1. The van der Waals surface area contributed by atoms with Gasteiger partial charge in [-0.1, -0.05) is 18.2 Å². The van der Waals surface area contributed by atoms with E-state index in [1.807, 2.05) is 42.2 Å². The zero-order valence-corrected chi connectivity index (χ0v) is 15.0. The summed E-state index contributed by atoms with van der Waals surface area (Å²) in [5, 5.41) is 2.87. The van der Waals surface area contributed by atoms with Crippen molar-refractivity contribution < 1.29 is 9.59 Å². The van der Waals surface area contributed by atoms with Gasteiger partial charge in [0.2, 0.25) is 0 Å². The molecule has 2 aliphatic rings. The highest BCUT2D eigenvalue weighted by atomic mass is 16.2. The van der Waals surface area contributed by atoms with Crippen LogP contribution in [-0.4, -0.2) is 59.8 Å². The first kappa shape index (κ1) is 16.6. The van der Waals surface area contributed by atoms with Crippen molar-refractivity contribution in [1.82, 2.24) is 14.8 Å². The van der Waals surface area contributed by atoms with Gasteiger partial charge < -0.3 is 20.1 Å². The van der Waals surface area contributed by atoms with E-state index in [0.29, 0.717) is 11.1 Å². The number of hydrogen-bond acceptors (Lipinski definition) is 3. The predicted molar refractivity (Wildman–Crippen MR) is 102 cm³/mol. The van der Waals surface area contributed by atoms with Crippen LogP contribution < -0.4 is 5.32 Å². The van der Waals surface area contributed by atoms with Gasteiger partial charge in [0.25, 0.3) is 11.8 Å². The number of piperazine rings is 1. The molecule has 0 bridgehead atoms. The first-order chi connectivity index (χ1) is 12.5. The summed E-state index contributed by atoms with van der Waals surface area (Å²) in [6.07, 6.45) is 3.58. The molecule has 1 aromatic carbocycles. The highest BCUT2D eigenvalue weighted by Gasteiger charge is 2.26. The van der Waals surface area contributed by atoms with Crippen molar-refractivity contribution in [2.75, 3.05) is 38.5 Å². The second kappa shape index (κ2) is 6.46. The van der Waals surface area contributed by atoms with Gasteiger partial charge in [0.05, 0.1) is 11.1 Å². The van der Waals surface area contributed by atoms with Gasteiger partial charge in [-0.05, 0) is 31.7 Å². The number of likely N-dealkylation sites (N-methyl/N-ethyl adjacent to an activating group) is 1. The molecule has 3 heterocycles. The van der Waals surface area contributed by atoms with Crippen molar-refractivity contribution in [2.45, 2.75) is 6.92 Å². The van der Waals surface area contributed by atoms with Gasteiger partial charge in [-0.3, -0.25) is 9.59 Å². The van der Waals surface area contributed by atoms with Crippen molar-refractivity contribution in [3.8, 4) is 0 Å². The van der Waals surface area contributed by atoms with Gasteiger partial charge in [0, 0.05) is 49.3 Å². The molecule has 2 amide bonds. The number of rotatable bonds is 2. The van der Waals surface area contributed by atoms with E-state index in [0.717, 1.165) is 48.7 Å². The van der Waals surface area contributed by atoms with E-state index in [1.165, 1.54) is 0 Å². The smallest absolute Gasteiger partial charge is 0.256 e. The number of fused-ring (bicyclic) bond motifs is 1. The number of para-hydroxylation sites is 1. The average molecular weight is 350 g/mol. The third-order valence-corrected chi connectivity index (χ3v) is 5.20. The SMILES string of the molecule is Cc1c(C(=O)N2CCN(C)CC2)c[nH]c1C=C1C(=O)Nc2ccccc21. The molecule has 26 heavy (non-hydrogen) atoms. The van der Waals surface area contributed by atoms with E-state index in [1.54, 1.807) is 6.20 Å². The molecule has 0 unspecified atom stereocenters. The summed E-state index contributed by atoms with van der Waals surface area (Å²) in [4.78, 5) is 32.4. The molecule has 2 aromatic rings. The number of anilines is 1. The molecule has 2 N–H and O–H groups in total. The topological polar surface area (TPSA) is 68.4 Å². The monoisotopic (exact) mass is 350 g/mol. The molecule has 1 saturated heterocycles. The van der Waals surface area contributed by atoms with E-state index >= 15 is 0 Å². The van der Waals surface area contributed by atoms with Gasteiger partial charge >= 0.3 is 0 Å². The zero-order valence-electron chi connectivity index (χ0n) is 15.0. The number of carbonyl (C=O) groups excluding carboxylic acids is 2. The first-order valence-corrected chi connectivity index (χ1v) is 8.83. The van der Waals surface area contributed by atoms with Crippen LogP contribution in [0.25, 0.3) is 11.6 Å². The maximum atomic E-state index is 12.8. The molecule has 0 spiro atoms. The molecule has 134 valence electrons. The third kappa shape index (κ3) is 2.82. The van der Waals surface area contributed by atoms with E-state index < -0.39 is 0 Å². The maximum absolute atomic E-state index is 12.8. The average Bonchev–Trinajstić information content (AvgIpc) is 3.16. The summed E-state index contributed by atoms with van der Waals surface area (Å²) < 4.78 is 0. The lowest BCUT2D eigenvalue weighted by molar-refractivity contribution is -0.110. The van der Waals surface area contributed by atoms with Crippen LogP contribution in [0, 0.1) is 6.92 Å². The fraction of sp³-hybridized carbons (Fsp3) is 0.300. The van der Waals surface area contributed by atoms with E-state index in [2.05, 4.69) is 22.2 Å². The minimum atomic E-state index is -0.118. The van der Waals surface area contributed by atoms with Gasteiger partial charge in [-0.2, -0.15) is 0 Å². The Morgan fingerprint density at radius 1 is 1.15 bits per heavy atom. The number of aromatic amines is 1. The Balaban J connectivity index is 1.62. The standard InChI is InChI=1S/C20H22N4O2/c1-13-16(20(26)24-9-7-23(2)8-10-24)12-21-18(13)11-15-14-5-3-4-6-17(14)22-19(15)25/h3-6,11-12,21H,7-10H2,1-2H3,(H,22,25). The second-order valence-corrected chi connectivity index (χ2v) is 6.89. The molecule has 0 aliphatic carbocycles. The van der Waals surface area contributed by atoms with Crippen molar-refractivity contribution >= 4 is 29.2 Å². The largest absolute Gasteiger partial charge is 0.361 e. The van der Waals surface area contributed by atoms with Gasteiger partial charge in [0.15, 0.2) is 0 Å². The fourth-order valence-electron chi connectivity index (χ4n) is 3.49. The van der Waals surface area contributed by atoms with Crippen molar-refractivity contribution in [3.05, 3.63) is 52.8 Å². The molecule has 0 atom stereocenters. The molecule has 1 fully saturated rings. The Hall–Kier alpha value is -2.86. The van der Waals surface area contributed by atoms with Crippen LogP contribution >= 0.6 is 0 Å². The van der Waals surface area contributed by atoms with E-state index in [-0.39, 0.29) is 11.8 Å². The Bertz CT molecular complexity index is 904. The Labute approximate surface area is 152 Å². The van der Waals surface area contributed by atoms with Crippen LogP contribution in [0.3, 0.4) is 0 Å². The van der Waals surface area contributed by atoms with Crippen LogP contribution in [0.15, 0.2) is 30.5 Å². The predicted octanol–water partition coefficient (Wildman–Crippen LogP) is 2.20. The third-order valence-electron chi connectivity index (χ3n) is 5.20. The van der Waals surface area contributed by atoms with Gasteiger partial charge in [-0.25, -0.2) is 0 Å². The first-order valence-electron chi connectivity index (χ1n) is 8.83. The van der Waals surface area contributed by atoms with E-state index in [4.69, 9.17) is 0 Å². The summed E-state index contributed by atoms with van der Waals surface area (Å²) >= 11 is 0. The molecule has 1 aromatic heterocycles. The summed E-state index contributed by atoms with van der Waals surface area (Å²) in [5.74, 6) is -0.0695. The number of hydrogen-bond donors (Lipinski definition) is 2. The lowest BCUT2D eigenvalue weighted by Crippen LogP contribution is -2.47. The molecule has 6 nitrogen and oxygen atoms in total. The lowest BCUT2D eigenvalue weighted by Gasteiger charge is -2.32. The van der Waals surface area contributed by atoms with E-state index in [9.17, 15) is 9.59 Å². The highest BCUT2D eigenvalue weighted by molar-refractivity contribution is 6.34. The molecule has 0 radical (unpaired) electrons. The summed E-state index contributed by atoms with van der Waals surface area (Å²) in [5.41, 5.74) is 4.67. The van der Waals surface area contributed by atoms with Crippen molar-refractivity contribution in [2.24, 2.45) is 0 Å². The summed E-state index contributed by atoms with van der Waals surface area (Å²) in [7, 11) is 2.07. The molecular weight excluding hydrogens is 328 g/mol. The minimum Gasteiger partial charge on any atom is -0.361 e. The van der Waals surface area contributed by atoms with Crippen LogP contribution in [-0.2, 0) is 4.79 Å². The van der Waals surface area contributed by atoms with Crippen LogP contribution in [0.2, 0.25) is 0 Å². The Morgan fingerprint density at radius 2 is 1.88 bits per heavy atom. The number of H-pyrrole nitrogens is 1. The number of carbonyl (C=O) groups is 2. The highest BCUT2D eigenvalue weighted by Crippen LogP contribution is 2.33. The summed E-state index contributed by atoms with van der Waals surface area (Å²) in [6.45, 7) is 5.19. The van der Waals surface area contributed by atoms with Crippen molar-refractivity contribution in [1.29, 1.82) is 0 Å². The molecule has 4 rings (SSSR count). The lowest BCUT2D eigenvalue weighted by atomic mass is 10.0. The number of benzene rings is 1. The number of amides is 2. The fourth-order valence-corrected chi connectivity index (χ4v) is 3.49. The minimum absolute atomic E-state index is 0.0489.